The highest BCUT2D eigenvalue weighted by molar-refractivity contribution is 7.98. The summed E-state index contributed by atoms with van der Waals surface area (Å²) >= 11 is 2.85. The second kappa shape index (κ2) is 8.60. The van der Waals surface area contributed by atoms with E-state index in [4.69, 9.17) is 4.74 Å². The van der Waals surface area contributed by atoms with E-state index in [1.807, 2.05) is 29.0 Å². The SMILES string of the molecule is COCCn1c(=NC(=O)c2cccc(SC)c2)sc2cc(S(C)(=O)=O)ccc21. The molecule has 3 rings (SSSR count). The van der Waals surface area contributed by atoms with Crippen molar-refractivity contribution in [1.82, 2.24) is 4.57 Å². The summed E-state index contributed by atoms with van der Waals surface area (Å²) in [7, 11) is -1.71. The van der Waals surface area contributed by atoms with Crippen LogP contribution in [-0.2, 0) is 21.1 Å². The molecular formula is C19H20N2O4S3. The van der Waals surface area contributed by atoms with E-state index in [9.17, 15) is 13.2 Å². The molecule has 0 atom stereocenters. The van der Waals surface area contributed by atoms with Crippen molar-refractivity contribution in [1.29, 1.82) is 0 Å². The number of thiazole rings is 1. The van der Waals surface area contributed by atoms with E-state index in [0.29, 0.717) is 23.5 Å². The van der Waals surface area contributed by atoms with Gasteiger partial charge >= 0.3 is 0 Å². The number of hydrogen-bond donors (Lipinski definition) is 0. The third-order valence-corrected chi connectivity index (χ3v) is 6.99. The number of benzene rings is 2. The number of amides is 1. The van der Waals surface area contributed by atoms with Crippen molar-refractivity contribution in [3.05, 3.63) is 52.8 Å². The van der Waals surface area contributed by atoms with Gasteiger partial charge in [-0.15, -0.1) is 11.8 Å². The minimum atomic E-state index is -3.32. The van der Waals surface area contributed by atoms with Crippen LogP contribution in [0.3, 0.4) is 0 Å². The fourth-order valence-electron chi connectivity index (χ4n) is 2.68. The van der Waals surface area contributed by atoms with Crippen molar-refractivity contribution in [3.63, 3.8) is 0 Å². The normalized spacial score (nSPS) is 12.6. The number of fused-ring (bicyclic) bond motifs is 1. The summed E-state index contributed by atoms with van der Waals surface area (Å²) in [5.74, 6) is -0.336. The zero-order valence-electron chi connectivity index (χ0n) is 15.7. The summed E-state index contributed by atoms with van der Waals surface area (Å²) in [6.07, 6.45) is 3.12. The Hall–Kier alpha value is -1.94. The molecule has 1 aromatic heterocycles. The van der Waals surface area contributed by atoms with E-state index >= 15 is 0 Å². The van der Waals surface area contributed by atoms with Gasteiger partial charge in [-0.2, -0.15) is 4.99 Å². The van der Waals surface area contributed by atoms with Crippen LogP contribution in [0.15, 0.2) is 57.2 Å². The predicted molar refractivity (Wildman–Crippen MR) is 113 cm³/mol. The number of ether oxygens (including phenoxy) is 1. The molecule has 0 fully saturated rings. The van der Waals surface area contributed by atoms with Gasteiger partial charge in [0.2, 0.25) is 0 Å². The molecule has 148 valence electrons. The minimum Gasteiger partial charge on any atom is -0.383 e. The van der Waals surface area contributed by atoms with Crippen LogP contribution in [0.1, 0.15) is 10.4 Å². The van der Waals surface area contributed by atoms with Gasteiger partial charge in [-0.25, -0.2) is 8.42 Å². The van der Waals surface area contributed by atoms with Gasteiger partial charge in [-0.05, 0) is 42.7 Å². The molecule has 3 aromatic rings. The molecule has 1 heterocycles. The van der Waals surface area contributed by atoms with E-state index in [1.54, 1.807) is 43.1 Å². The topological polar surface area (TPSA) is 77.7 Å². The molecule has 1 amide bonds. The standard InChI is InChI=1S/C19H20N2O4S3/c1-25-10-9-21-16-8-7-15(28(3,23)24)12-17(16)27-19(21)20-18(22)13-5-4-6-14(11-13)26-2/h4-8,11-12H,9-10H2,1-3H3. The highest BCUT2D eigenvalue weighted by atomic mass is 32.2. The summed E-state index contributed by atoms with van der Waals surface area (Å²) in [6.45, 7) is 0.953. The van der Waals surface area contributed by atoms with Crippen LogP contribution in [0.2, 0.25) is 0 Å². The predicted octanol–water partition coefficient (Wildman–Crippen LogP) is 3.22. The highest BCUT2D eigenvalue weighted by Crippen LogP contribution is 2.22. The van der Waals surface area contributed by atoms with Gasteiger partial charge in [0.05, 0.1) is 21.7 Å². The molecule has 0 aliphatic carbocycles. The molecule has 28 heavy (non-hydrogen) atoms. The maximum absolute atomic E-state index is 12.7. The quantitative estimate of drug-likeness (QED) is 0.555. The minimum absolute atomic E-state index is 0.241. The summed E-state index contributed by atoms with van der Waals surface area (Å²) < 4.78 is 31.5. The lowest BCUT2D eigenvalue weighted by Crippen LogP contribution is -2.19. The van der Waals surface area contributed by atoms with Crippen LogP contribution in [0, 0.1) is 0 Å². The molecular weight excluding hydrogens is 416 g/mol. The molecule has 0 saturated heterocycles. The first-order valence-corrected chi connectivity index (χ1v) is 12.3. The van der Waals surface area contributed by atoms with Gasteiger partial charge < -0.3 is 9.30 Å². The van der Waals surface area contributed by atoms with E-state index in [-0.39, 0.29) is 10.8 Å². The van der Waals surface area contributed by atoms with Crippen LogP contribution < -0.4 is 4.80 Å². The molecule has 2 aromatic carbocycles. The molecule has 0 N–H and O–H groups in total. The molecule has 0 aliphatic heterocycles. The monoisotopic (exact) mass is 436 g/mol. The number of carbonyl (C=O) groups excluding carboxylic acids is 1. The maximum atomic E-state index is 12.7. The Balaban J connectivity index is 2.14. The number of rotatable bonds is 6. The lowest BCUT2D eigenvalue weighted by Gasteiger charge is -2.05. The molecule has 0 spiro atoms. The van der Waals surface area contributed by atoms with Crippen molar-refractivity contribution in [2.45, 2.75) is 16.3 Å². The molecule has 0 bridgehead atoms. The Labute approximate surface area is 171 Å². The van der Waals surface area contributed by atoms with Crippen LogP contribution in [0.25, 0.3) is 10.2 Å². The van der Waals surface area contributed by atoms with Gasteiger partial charge in [0.15, 0.2) is 14.6 Å². The average Bonchev–Trinajstić information content (AvgIpc) is 3.01. The molecule has 9 heteroatoms. The Morgan fingerprint density at radius 3 is 2.71 bits per heavy atom. The lowest BCUT2D eigenvalue weighted by molar-refractivity contribution is 0.0997. The number of methoxy groups -OCH3 is 1. The third kappa shape index (κ3) is 4.54. The summed E-state index contributed by atoms with van der Waals surface area (Å²) in [5, 5.41) is 0. The molecule has 6 nitrogen and oxygen atoms in total. The van der Waals surface area contributed by atoms with Crippen molar-refractivity contribution in [2.24, 2.45) is 4.99 Å². The number of hydrogen-bond acceptors (Lipinski definition) is 6. The van der Waals surface area contributed by atoms with E-state index in [2.05, 4.69) is 4.99 Å². The number of carbonyl (C=O) groups is 1. The lowest BCUT2D eigenvalue weighted by atomic mass is 10.2. The van der Waals surface area contributed by atoms with Crippen molar-refractivity contribution < 1.29 is 17.9 Å². The molecule has 0 unspecified atom stereocenters. The molecule has 0 saturated carbocycles. The summed E-state index contributed by atoms with van der Waals surface area (Å²) in [5.41, 5.74) is 1.33. The summed E-state index contributed by atoms with van der Waals surface area (Å²) in [4.78, 5) is 18.8. The van der Waals surface area contributed by atoms with Gasteiger partial charge in [0.25, 0.3) is 5.91 Å². The van der Waals surface area contributed by atoms with Gasteiger partial charge in [-0.1, -0.05) is 17.4 Å². The van der Waals surface area contributed by atoms with Gasteiger partial charge in [0.1, 0.15) is 0 Å². The van der Waals surface area contributed by atoms with E-state index in [0.717, 1.165) is 15.1 Å². The molecule has 0 radical (unpaired) electrons. The first-order valence-electron chi connectivity index (χ1n) is 8.39. The highest BCUT2D eigenvalue weighted by Gasteiger charge is 2.13. The largest absolute Gasteiger partial charge is 0.383 e. The zero-order valence-corrected chi connectivity index (χ0v) is 18.2. The number of thioether (sulfide) groups is 1. The van der Waals surface area contributed by atoms with Gasteiger partial charge in [0, 0.05) is 30.4 Å². The number of aromatic nitrogens is 1. The Kier molecular flexibility index (Phi) is 6.39. The van der Waals surface area contributed by atoms with Gasteiger partial charge in [-0.3, -0.25) is 4.79 Å². The Morgan fingerprint density at radius 2 is 2.04 bits per heavy atom. The first kappa shape index (κ1) is 20.8. The van der Waals surface area contributed by atoms with E-state index in [1.165, 1.54) is 17.6 Å². The van der Waals surface area contributed by atoms with Crippen molar-refractivity contribution in [3.8, 4) is 0 Å². The van der Waals surface area contributed by atoms with Crippen LogP contribution >= 0.6 is 23.1 Å². The third-order valence-electron chi connectivity index (χ3n) is 4.12. The fraction of sp³-hybridized carbons (Fsp3) is 0.263. The smallest absolute Gasteiger partial charge is 0.279 e. The van der Waals surface area contributed by atoms with Crippen molar-refractivity contribution in [2.75, 3.05) is 26.2 Å². The first-order chi connectivity index (χ1) is 13.3. The Morgan fingerprint density at radius 1 is 1.25 bits per heavy atom. The average molecular weight is 437 g/mol. The van der Waals surface area contributed by atoms with E-state index < -0.39 is 9.84 Å². The zero-order chi connectivity index (χ0) is 20.3. The second-order valence-electron chi connectivity index (χ2n) is 6.08. The van der Waals surface area contributed by atoms with Crippen LogP contribution in [0.4, 0.5) is 0 Å². The number of sulfone groups is 1. The van der Waals surface area contributed by atoms with Crippen LogP contribution in [0.5, 0.6) is 0 Å². The Bertz CT molecular complexity index is 1190. The fourth-order valence-corrected chi connectivity index (χ4v) is 4.95. The summed E-state index contributed by atoms with van der Waals surface area (Å²) in [6, 6.07) is 12.3. The maximum Gasteiger partial charge on any atom is 0.279 e. The van der Waals surface area contributed by atoms with Crippen molar-refractivity contribution >= 4 is 49.1 Å². The van der Waals surface area contributed by atoms with Crippen LogP contribution in [-0.4, -0.2) is 45.1 Å². The molecule has 0 aliphatic rings. The second-order valence-corrected chi connectivity index (χ2v) is 9.98. The number of nitrogens with zero attached hydrogens (tertiary/aromatic N) is 2.